The minimum Gasteiger partial charge on any atom is -0.466 e. The van der Waals surface area contributed by atoms with Crippen molar-refractivity contribution < 1.29 is 18.3 Å². The van der Waals surface area contributed by atoms with Gasteiger partial charge < -0.3 is 15.0 Å². The average Bonchev–Trinajstić information content (AvgIpc) is 2.64. The average molecular weight is 495 g/mol. The monoisotopic (exact) mass is 495 g/mol. The predicted molar refractivity (Wildman–Crippen MR) is 112 cm³/mol. The summed E-state index contributed by atoms with van der Waals surface area (Å²) in [7, 11) is 1.69. The lowest BCUT2D eigenvalue weighted by molar-refractivity contribution is -0.149. The maximum absolute atomic E-state index is 13.4. The topological polar surface area (TPSA) is 53.9 Å². The van der Waals surface area contributed by atoms with Crippen molar-refractivity contribution in [1.29, 1.82) is 0 Å². The number of carbonyl (C=O) groups is 1. The molecule has 8 heteroatoms. The number of guanidine groups is 1. The van der Waals surface area contributed by atoms with E-state index in [0.717, 1.165) is 31.0 Å². The Hall–Kier alpha value is -1.45. The third-order valence-corrected chi connectivity index (χ3v) is 4.63. The quantitative estimate of drug-likeness (QED) is 0.294. The van der Waals surface area contributed by atoms with Crippen molar-refractivity contribution in [2.75, 3.05) is 33.3 Å². The number of likely N-dealkylation sites (tertiary alicyclic amines) is 1. The normalized spacial score (nSPS) is 18.5. The summed E-state index contributed by atoms with van der Waals surface area (Å²) < 4.78 is 31.6. The van der Waals surface area contributed by atoms with Gasteiger partial charge in [-0.15, -0.1) is 24.0 Å². The lowest BCUT2D eigenvalue weighted by Gasteiger charge is -2.34. The van der Waals surface area contributed by atoms with Crippen LogP contribution in [0, 0.1) is 17.6 Å². The summed E-state index contributed by atoms with van der Waals surface area (Å²) >= 11 is 0. The lowest BCUT2D eigenvalue weighted by Crippen LogP contribution is -2.48. The van der Waals surface area contributed by atoms with E-state index < -0.39 is 11.6 Å². The van der Waals surface area contributed by atoms with Crippen LogP contribution in [0.25, 0.3) is 0 Å². The van der Waals surface area contributed by atoms with Crippen molar-refractivity contribution >= 4 is 35.9 Å². The fourth-order valence-electron chi connectivity index (χ4n) is 3.14. The van der Waals surface area contributed by atoms with Crippen molar-refractivity contribution in [1.82, 2.24) is 10.2 Å². The van der Waals surface area contributed by atoms with Gasteiger partial charge in [-0.25, -0.2) is 8.78 Å². The number of hydrogen-bond donors (Lipinski definition) is 1. The number of benzene rings is 1. The molecule has 1 N–H and O–H groups in total. The van der Waals surface area contributed by atoms with Crippen molar-refractivity contribution in [3.05, 3.63) is 35.4 Å². The van der Waals surface area contributed by atoms with E-state index in [1.807, 2.05) is 11.8 Å². The Bertz CT molecular complexity index is 658. The van der Waals surface area contributed by atoms with Crippen LogP contribution in [-0.2, 0) is 9.53 Å². The molecule has 1 aliphatic heterocycles. The third-order valence-electron chi connectivity index (χ3n) is 4.63. The molecule has 0 spiro atoms. The van der Waals surface area contributed by atoms with Crippen LogP contribution in [-0.4, -0.2) is 50.1 Å². The molecule has 1 unspecified atom stereocenters. The van der Waals surface area contributed by atoms with Gasteiger partial charge in [0.1, 0.15) is 0 Å². The lowest BCUT2D eigenvalue weighted by atomic mass is 9.98. The zero-order valence-corrected chi connectivity index (χ0v) is 18.3. The maximum atomic E-state index is 13.4. The van der Waals surface area contributed by atoms with Crippen molar-refractivity contribution in [3.63, 3.8) is 0 Å². The summed E-state index contributed by atoms with van der Waals surface area (Å²) in [6.07, 6.45) is 1.71. The Balaban J connectivity index is 0.00000364. The highest BCUT2D eigenvalue weighted by atomic mass is 127. The molecule has 27 heavy (non-hydrogen) atoms. The summed E-state index contributed by atoms with van der Waals surface area (Å²) in [6, 6.07) is 3.96. The van der Waals surface area contributed by atoms with Crippen LogP contribution in [0.15, 0.2) is 23.2 Å². The zero-order valence-electron chi connectivity index (χ0n) is 16.0. The van der Waals surface area contributed by atoms with E-state index in [9.17, 15) is 13.6 Å². The first-order valence-corrected chi connectivity index (χ1v) is 9.03. The largest absolute Gasteiger partial charge is 0.466 e. The highest BCUT2D eigenvalue weighted by Gasteiger charge is 2.28. The summed E-state index contributed by atoms with van der Waals surface area (Å²) in [5.74, 6) is -1.32. The number of aliphatic imine (C=N–C) groups is 1. The minimum atomic E-state index is -0.844. The molecule has 0 amide bonds. The fraction of sp³-hybridized carbons (Fsp3) is 0.579. The van der Waals surface area contributed by atoms with Crippen LogP contribution >= 0.6 is 24.0 Å². The smallest absolute Gasteiger partial charge is 0.310 e. The molecule has 0 radical (unpaired) electrons. The molecule has 0 aromatic heterocycles. The fourth-order valence-corrected chi connectivity index (χ4v) is 3.14. The van der Waals surface area contributed by atoms with Gasteiger partial charge >= 0.3 is 5.97 Å². The Labute approximate surface area is 176 Å². The van der Waals surface area contributed by atoms with Crippen LogP contribution in [0.2, 0.25) is 0 Å². The molecule has 0 bridgehead atoms. The van der Waals surface area contributed by atoms with Crippen LogP contribution in [0.3, 0.4) is 0 Å². The molecule has 1 saturated heterocycles. The van der Waals surface area contributed by atoms with Gasteiger partial charge in [0.2, 0.25) is 0 Å². The van der Waals surface area contributed by atoms with E-state index in [2.05, 4.69) is 10.3 Å². The highest BCUT2D eigenvalue weighted by molar-refractivity contribution is 14.0. The molecule has 1 heterocycles. The number of hydrogen-bond acceptors (Lipinski definition) is 3. The van der Waals surface area contributed by atoms with Gasteiger partial charge in [0, 0.05) is 26.7 Å². The molecule has 1 fully saturated rings. The van der Waals surface area contributed by atoms with Crippen LogP contribution in [0.4, 0.5) is 8.78 Å². The van der Waals surface area contributed by atoms with E-state index in [4.69, 9.17) is 4.74 Å². The molecule has 1 aromatic carbocycles. The molecule has 2 atom stereocenters. The number of piperidine rings is 1. The molecule has 152 valence electrons. The Morgan fingerprint density at radius 1 is 1.41 bits per heavy atom. The van der Waals surface area contributed by atoms with Gasteiger partial charge in [0.05, 0.1) is 12.5 Å². The van der Waals surface area contributed by atoms with Gasteiger partial charge in [0.15, 0.2) is 17.6 Å². The predicted octanol–water partition coefficient (Wildman–Crippen LogP) is 3.54. The number of halogens is 3. The highest BCUT2D eigenvalue weighted by Crippen LogP contribution is 2.20. The van der Waals surface area contributed by atoms with Gasteiger partial charge in [-0.3, -0.25) is 9.79 Å². The molecular formula is C19H28F2IN3O2. The summed E-state index contributed by atoms with van der Waals surface area (Å²) in [5.41, 5.74) is 0.717. The number of rotatable bonds is 5. The summed E-state index contributed by atoms with van der Waals surface area (Å²) in [5, 5.41) is 3.27. The number of esters is 1. The zero-order chi connectivity index (χ0) is 19.1. The van der Waals surface area contributed by atoms with Crippen LogP contribution in [0.1, 0.15) is 38.2 Å². The molecule has 5 nitrogen and oxygen atoms in total. The Morgan fingerprint density at radius 2 is 2.15 bits per heavy atom. The van der Waals surface area contributed by atoms with Gasteiger partial charge in [-0.2, -0.15) is 0 Å². The third kappa shape index (κ3) is 6.58. The number of nitrogens with zero attached hydrogens (tertiary/aromatic N) is 2. The second-order valence-electron chi connectivity index (χ2n) is 6.54. The van der Waals surface area contributed by atoms with E-state index in [0.29, 0.717) is 25.7 Å². The summed E-state index contributed by atoms with van der Waals surface area (Å²) in [6.45, 7) is 6.03. The van der Waals surface area contributed by atoms with Crippen LogP contribution < -0.4 is 5.32 Å². The van der Waals surface area contributed by atoms with Gasteiger partial charge in [0.25, 0.3) is 0 Å². The first-order valence-electron chi connectivity index (χ1n) is 9.03. The molecule has 0 aliphatic carbocycles. The molecule has 1 aromatic rings. The first-order chi connectivity index (χ1) is 12.5. The van der Waals surface area contributed by atoms with E-state index in [-0.39, 0.29) is 41.8 Å². The van der Waals surface area contributed by atoms with Gasteiger partial charge in [-0.05, 0) is 43.4 Å². The van der Waals surface area contributed by atoms with E-state index in [1.54, 1.807) is 20.0 Å². The minimum absolute atomic E-state index is 0. The van der Waals surface area contributed by atoms with Crippen LogP contribution in [0.5, 0.6) is 0 Å². The van der Waals surface area contributed by atoms with Crippen molar-refractivity contribution in [3.8, 4) is 0 Å². The molecule has 0 saturated carbocycles. The summed E-state index contributed by atoms with van der Waals surface area (Å²) in [4.78, 5) is 18.3. The molecule has 2 rings (SSSR count). The van der Waals surface area contributed by atoms with E-state index in [1.165, 1.54) is 6.07 Å². The van der Waals surface area contributed by atoms with Crippen molar-refractivity contribution in [2.45, 2.75) is 32.6 Å². The Morgan fingerprint density at radius 3 is 2.78 bits per heavy atom. The van der Waals surface area contributed by atoms with Crippen molar-refractivity contribution in [2.24, 2.45) is 10.9 Å². The number of nitrogens with one attached hydrogen (secondary N) is 1. The number of ether oxygens (including phenoxy) is 1. The molecule has 1 aliphatic rings. The first kappa shape index (κ1) is 23.6. The van der Waals surface area contributed by atoms with E-state index >= 15 is 0 Å². The second-order valence-corrected chi connectivity index (χ2v) is 6.54. The maximum Gasteiger partial charge on any atom is 0.310 e. The second kappa shape index (κ2) is 11.4. The van der Waals surface area contributed by atoms with Gasteiger partial charge in [-0.1, -0.05) is 13.0 Å². The Kier molecular flexibility index (Phi) is 9.97. The standard InChI is InChI=1S/C19H27F2N3O2.HI/c1-4-26-18(25)15-6-5-9-24(12-15)19(22-3)23-11-13(2)14-7-8-16(20)17(21)10-14;/h7-8,10,13,15H,4-6,9,11-12H2,1-3H3,(H,22,23);1H/t13?,15-;/m0./s1. The SMILES string of the molecule is CCOC(=O)[C@H]1CCCN(C(=NC)NCC(C)c2ccc(F)c(F)c2)C1.I. The molecular weight excluding hydrogens is 467 g/mol. The number of carbonyl (C=O) groups excluding carboxylic acids is 1.